The van der Waals surface area contributed by atoms with Crippen molar-refractivity contribution in [1.82, 2.24) is 10.2 Å². The minimum atomic E-state index is -0.636. The lowest BCUT2D eigenvalue weighted by molar-refractivity contribution is -0.138. The van der Waals surface area contributed by atoms with Gasteiger partial charge in [0.15, 0.2) is 0 Å². The third-order valence-electron chi connectivity index (χ3n) is 5.09. The van der Waals surface area contributed by atoms with Crippen LogP contribution in [0.25, 0.3) is 0 Å². The highest BCUT2D eigenvalue weighted by atomic mass is 127. The first-order valence-corrected chi connectivity index (χ1v) is 10.2. The second-order valence-electron chi connectivity index (χ2n) is 7.12. The van der Waals surface area contributed by atoms with E-state index >= 15 is 0 Å². The van der Waals surface area contributed by atoms with Gasteiger partial charge in [-0.05, 0) is 38.5 Å². The Morgan fingerprint density at radius 3 is 2.58 bits per heavy atom. The fourth-order valence-corrected chi connectivity index (χ4v) is 3.98. The van der Waals surface area contributed by atoms with E-state index in [0.29, 0.717) is 25.6 Å². The number of carbonyl (C=O) groups excluding carboxylic acids is 2. The number of halogens is 1. The van der Waals surface area contributed by atoms with Gasteiger partial charge in [0.1, 0.15) is 6.04 Å². The van der Waals surface area contributed by atoms with Crippen molar-refractivity contribution in [3.05, 3.63) is 0 Å². The van der Waals surface area contributed by atoms with E-state index in [0.717, 1.165) is 12.8 Å². The molecular formula is C17H30IN3O3. The summed E-state index contributed by atoms with van der Waals surface area (Å²) < 4.78 is 5.75. The van der Waals surface area contributed by atoms with Crippen molar-refractivity contribution in [1.29, 1.82) is 0 Å². The van der Waals surface area contributed by atoms with Crippen LogP contribution in [0.4, 0.5) is 4.79 Å². The Bertz CT molecular complexity index is 429. The number of likely N-dealkylation sites (tertiary alicyclic amines) is 1. The van der Waals surface area contributed by atoms with Crippen molar-refractivity contribution in [2.24, 2.45) is 11.7 Å². The van der Waals surface area contributed by atoms with Gasteiger partial charge < -0.3 is 20.7 Å². The fraction of sp³-hybridized carbons (Fsp3) is 0.882. The minimum absolute atomic E-state index is 0.0251. The molecule has 6 nitrogen and oxygen atoms in total. The molecule has 1 aliphatic heterocycles. The lowest BCUT2D eigenvalue weighted by atomic mass is 9.90. The second kappa shape index (κ2) is 9.91. The molecule has 1 heterocycles. The van der Waals surface area contributed by atoms with Crippen LogP contribution in [0.15, 0.2) is 0 Å². The fourth-order valence-electron chi connectivity index (χ4n) is 3.65. The van der Waals surface area contributed by atoms with Crippen molar-refractivity contribution in [2.75, 3.05) is 19.7 Å². The van der Waals surface area contributed by atoms with Crippen LogP contribution in [0.5, 0.6) is 0 Å². The van der Waals surface area contributed by atoms with Crippen molar-refractivity contribution in [3.8, 4) is 0 Å². The molecule has 0 bridgehead atoms. The first-order chi connectivity index (χ1) is 11.5. The number of rotatable bonds is 6. The molecule has 1 aliphatic carbocycles. The first kappa shape index (κ1) is 19.9. The summed E-state index contributed by atoms with van der Waals surface area (Å²) >= 11 is 1.67. The highest BCUT2D eigenvalue weighted by Crippen LogP contribution is 2.24. The Kier molecular flexibility index (Phi) is 8.22. The topological polar surface area (TPSA) is 84.7 Å². The van der Waals surface area contributed by atoms with E-state index in [4.69, 9.17) is 10.5 Å². The average molecular weight is 451 g/mol. The smallest absolute Gasteiger partial charge is 0.281 e. The van der Waals surface area contributed by atoms with Gasteiger partial charge >= 0.3 is 0 Å². The molecule has 0 aromatic rings. The van der Waals surface area contributed by atoms with E-state index in [1.165, 1.54) is 32.1 Å². The van der Waals surface area contributed by atoms with Crippen molar-refractivity contribution in [2.45, 2.75) is 70.1 Å². The number of carbonyl (C=O) groups is 2. The summed E-state index contributed by atoms with van der Waals surface area (Å²) in [6.45, 7) is 3.81. The molecule has 2 aliphatic rings. The molecule has 138 valence electrons. The summed E-state index contributed by atoms with van der Waals surface area (Å²) in [5.41, 5.74) is 5.98. The summed E-state index contributed by atoms with van der Waals surface area (Å²) in [6, 6.07) is -0.611. The van der Waals surface area contributed by atoms with Gasteiger partial charge in [-0.2, -0.15) is 0 Å². The van der Waals surface area contributed by atoms with Crippen LogP contribution in [-0.2, 0) is 9.53 Å². The zero-order valence-corrected chi connectivity index (χ0v) is 16.7. The highest BCUT2D eigenvalue weighted by molar-refractivity contribution is 14.1. The molecule has 0 aromatic carbocycles. The molecule has 2 amide bonds. The van der Waals surface area contributed by atoms with Crippen LogP contribution >= 0.6 is 22.6 Å². The number of hydrogen-bond acceptors (Lipinski definition) is 4. The molecule has 24 heavy (non-hydrogen) atoms. The average Bonchev–Trinajstić information content (AvgIpc) is 2.57. The highest BCUT2D eigenvalue weighted by Gasteiger charge is 2.33. The van der Waals surface area contributed by atoms with E-state index in [1.807, 2.05) is 6.92 Å². The zero-order valence-electron chi connectivity index (χ0n) is 14.5. The van der Waals surface area contributed by atoms with Crippen LogP contribution in [-0.4, -0.2) is 52.6 Å². The molecular weight excluding hydrogens is 421 g/mol. The molecule has 3 N–H and O–H groups in total. The van der Waals surface area contributed by atoms with E-state index in [-0.39, 0.29) is 22.0 Å². The standard InChI is InChI=1S/C17H30IN3O3/c1-12(24-11-13-6-3-2-4-7-13)15(20-17(18)23)16(22)21-9-5-8-14(19)10-21/h12-15H,2-11,19H2,1H3,(H,20,23)/t12-,14+,15+/m1/s1. The van der Waals surface area contributed by atoms with E-state index in [9.17, 15) is 9.59 Å². The Balaban J connectivity index is 1.92. The summed E-state index contributed by atoms with van der Waals surface area (Å²) in [4.78, 5) is 26.2. The zero-order chi connectivity index (χ0) is 17.5. The lowest BCUT2D eigenvalue weighted by Gasteiger charge is -2.35. The van der Waals surface area contributed by atoms with Crippen LogP contribution in [0, 0.1) is 5.92 Å². The Labute approximate surface area is 158 Å². The number of hydrogen-bond donors (Lipinski definition) is 2. The molecule has 7 heteroatoms. The molecule has 0 radical (unpaired) electrons. The molecule has 0 unspecified atom stereocenters. The van der Waals surface area contributed by atoms with E-state index < -0.39 is 6.04 Å². The van der Waals surface area contributed by atoms with Crippen LogP contribution in [0.2, 0.25) is 0 Å². The van der Waals surface area contributed by atoms with Crippen molar-refractivity contribution in [3.63, 3.8) is 0 Å². The number of nitrogens with one attached hydrogen (secondary N) is 1. The van der Waals surface area contributed by atoms with Gasteiger partial charge in [0.25, 0.3) is 3.91 Å². The number of nitrogens with two attached hydrogens (primary N) is 1. The Hall–Kier alpha value is -0.410. The maximum Gasteiger partial charge on any atom is 0.281 e. The third-order valence-corrected chi connectivity index (χ3v) is 5.40. The summed E-state index contributed by atoms with van der Waals surface area (Å²) in [6.07, 6.45) is 7.76. The maximum atomic E-state index is 12.8. The Morgan fingerprint density at radius 2 is 1.96 bits per heavy atom. The normalized spacial score (nSPS) is 25.1. The monoisotopic (exact) mass is 451 g/mol. The van der Waals surface area contributed by atoms with E-state index in [2.05, 4.69) is 5.32 Å². The lowest BCUT2D eigenvalue weighted by Crippen LogP contribution is -2.56. The van der Waals surface area contributed by atoms with E-state index in [1.54, 1.807) is 27.5 Å². The van der Waals surface area contributed by atoms with Gasteiger partial charge in [0.2, 0.25) is 5.91 Å². The summed E-state index contributed by atoms with van der Waals surface area (Å²) in [7, 11) is 0. The van der Waals surface area contributed by atoms with Gasteiger partial charge in [0, 0.05) is 48.3 Å². The number of nitrogens with zero attached hydrogens (tertiary/aromatic N) is 1. The largest absolute Gasteiger partial charge is 0.376 e. The molecule has 3 atom stereocenters. The quantitative estimate of drug-likeness (QED) is 0.369. The minimum Gasteiger partial charge on any atom is -0.376 e. The number of amides is 2. The maximum absolute atomic E-state index is 12.8. The molecule has 2 fully saturated rings. The predicted octanol–water partition coefficient (Wildman–Crippen LogP) is 2.43. The summed E-state index contributed by atoms with van der Waals surface area (Å²) in [5, 5.41) is 2.77. The summed E-state index contributed by atoms with van der Waals surface area (Å²) in [5.74, 6) is 0.502. The van der Waals surface area contributed by atoms with Crippen LogP contribution in [0.1, 0.15) is 51.9 Å². The van der Waals surface area contributed by atoms with Gasteiger partial charge in [-0.25, -0.2) is 0 Å². The molecule has 0 spiro atoms. The SMILES string of the molecule is C[C@@H](OCC1CCCCC1)[C@H](NC(=O)I)C(=O)N1CCC[C@H](N)C1. The number of piperidine rings is 1. The van der Waals surface area contributed by atoms with Gasteiger partial charge in [-0.15, -0.1) is 0 Å². The van der Waals surface area contributed by atoms with Gasteiger partial charge in [-0.3, -0.25) is 9.59 Å². The molecule has 1 saturated heterocycles. The van der Waals surface area contributed by atoms with Crippen molar-refractivity contribution >= 4 is 32.4 Å². The van der Waals surface area contributed by atoms with Crippen LogP contribution < -0.4 is 11.1 Å². The molecule has 1 saturated carbocycles. The number of ether oxygens (including phenoxy) is 1. The van der Waals surface area contributed by atoms with Gasteiger partial charge in [-0.1, -0.05) is 19.3 Å². The first-order valence-electron chi connectivity index (χ1n) is 9.09. The Morgan fingerprint density at radius 1 is 1.25 bits per heavy atom. The molecule has 2 rings (SSSR count). The predicted molar refractivity (Wildman–Crippen MR) is 102 cm³/mol. The second-order valence-corrected chi connectivity index (χ2v) is 8.10. The third kappa shape index (κ3) is 6.15. The van der Waals surface area contributed by atoms with Crippen molar-refractivity contribution < 1.29 is 14.3 Å². The van der Waals surface area contributed by atoms with Gasteiger partial charge in [0.05, 0.1) is 6.10 Å². The molecule has 0 aromatic heterocycles. The van der Waals surface area contributed by atoms with Crippen LogP contribution in [0.3, 0.4) is 0 Å².